The molecule has 0 aliphatic rings. The Balaban J connectivity index is 0.979. The number of benzene rings is 9. The molecular formula is C59H39N3. The predicted molar refractivity (Wildman–Crippen MR) is 260 cm³/mol. The second-order valence-electron chi connectivity index (χ2n) is 16.0. The minimum Gasteiger partial charge on any atom is -0.309 e. The summed E-state index contributed by atoms with van der Waals surface area (Å²) in [4.78, 5) is 5.13. The first-order chi connectivity index (χ1) is 30.7. The fourth-order valence-corrected chi connectivity index (χ4v) is 9.43. The lowest BCUT2D eigenvalue weighted by Crippen LogP contribution is -1.97. The highest BCUT2D eigenvalue weighted by Crippen LogP contribution is 2.41. The third-order valence-electron chi connectivity index (χ3n) is 12.3. The van der Waals surface area contributed by atoms with E-state index in [9.17, 15) is 0 Å². The van der Waals surface area contributed by atoms with Crippen molar-refractivity contribution in [3.63, 3.8) is 0 Å². The molecule has 0 bridgehead atoms. The quantitative estimate of drug-likeness (QED) is 0.158. The van der Waals surface area contributed by atoms with Gasteiger partial charge in [0.05, 0.1) is 33.5 Å². The number of hydrogen-bond acceptors (Lipinski definition) is 1. The van der Waals surface area contributed by atoms with Crippen LogP contribution < -0.4 is 0 Å². The zero-order valence-electron chi connectivity index (χ0n) is 33.9. The third-order valence-corrected chi connectivity index (χ3v) is 12.3. The largest absolute Gasteiger partial charge is 0.309 e. The van der Waals surface area contributed by atoms with E-state index >= 15 is 0 Å². The van der Waals surface area contributed by atoms with Crippen LogP contribution in [0.15, 0.2) is 237 Å². The van der Waals surface area contributed by atoms with Crippen molar-refractivity contribution in [1.29, 1.82) is 0 Å². The third kappa shape index (κ3) is 6.02. The van der Waals surface area contributed by atoms with Crippen LogP contribution >= 0.6 is 0 Å². The molecule has 12 rings (SSSR count). The van der Waals surface area contributed by atoms with Crippen LogP contribution in [0, 0.1) is 0 Å². The van der Waals surface area contributed by atoms with Crippen molar-refractivity contribution in [1.82, 2.24) is 14.1 Å². The molecule has 0 radical (unpaired) electrons. The summed E-state index contributed by atoms with van der Waals surface area (Å²) in [6.07, 6.45) is 0. The molecule has 0 fully saturated rings. The maximum atomic E-state index is 5.13. The van der Waals surface area contributed by atoms with E-state index in [1.807, 2.05) is 0 Å². The Labute approximate surface area is 360 Å². The monoisotopic (exact) mass is 789 g/mol. The van der Waals surface area contributed by atoms with Crippen LogP contribution in [0.3, 0.4) is 0 Å². The molecule has 9 aromatic carbocycles. The molecular weight excluding hydrogens is 751 g/mol. The van der Waals surface area contributed by atoms with Crippen LogP contribution in [-0.4, -0.2) is 14.1 Å². The summed E-state index contributed by atoms with van der Waals surface area (Å²) in [6, 6.07) is 85.2. The highest BCUT2D eigenvalue weighted by atomic mass is 15.0. The van der Waals surface area contributed by atoms with Crippen molar-refractivity contribution in [3.8, 4) is 67.3 Å². The van der Waals surface area contributed by atoms with Gasteiger partial charge in [0.2, 0.25) is 0 Å². The second kappa shape index (κ2) is 14.8. The van der Waals surface area contributed by atoms with Gasteiger partial charge in [-0.2, -0.15) is 0 Å². The van der Waals surface area contributed by atoms with E-state index in [2.05, 4.69) is 246 Å². The maximum Gasteiger partial charge on any atom is 0.0715 e. The molecule has 0 aliphatic heterocycles. The lowest BCUT2D eigenvalue weighted by Gasteiger charge is -2.14. The van der Waals surface area contributed by atoms with Gasteiger partial charge in [-0.05, 0) is 94.5 Å². The number of rotatable bonds is 7. The van der Waals surface area contributed by atoms with Crippen LogP contribution in [0.5, 0.6) is 0 Å². The fourth-order valence-electron chi connectivity index (χ4n) is 9.43. The number of nitrogens with zero attached hydrogens (tertiary/aromatic N) is 3. The molecule has 290 valence electrons. The van der Waals surface area contributed by atoms with Crippen molar-refractivity contribution in [2.45, 2.75) is 0 Å². The van der Waals surface area contributed by atoms with Gasteiger partial charge in [-0.3, -0.25) is 0 Å². The molecule has 0 atom stereocenters. The first-order valence-corrected chi connectivity index (χ1v) is 21.2. The molecule has 0 amide bonds. The van der Waals surface area contributed by atoms with Crippen molar-refractivity contribution < 1.29 is 0 Å². The molecule has 3 aromatic heterocycles. The Morgan fingerprint density at radius 1 is 0.258 bits per heavy atom. The first-order valence-electron chi connectivity index (χ1n) is 21.2. The summed E-state index contributed by atoms with van der Waals surface area (Å²) in [5.74, 6) is 0. The average molecular weight is 790 g/mol. The van der Waals surface area contributed by atoms with Crippen molar-refractivity contribution in [2.24, 2.45) is 0 Å². The molecule has 0 N–H and O–H groups in total. The van der Waals surface area contributed by atoms with E-state index in [1.165, 1.54) is 65.9 Å². The molecule has 3 nitrogen and oxygen atoms in total. The molecule has 12 aromatic rings. The summed E-state index contributed by atoms with van der Waals surface area (Å²) >= 11 is 0. The lowest BCUT2D eigenvalue weighted by molar-refractivity contribution is 1.17. The van der Waals surface area contributed by atoms with Crippen LogP contribution in [-0.2, 0) is 0 Å². The summed E-state index contributed by atoms with van der Waals surface area (Å²) < 4.78 is 4.84. The molecule has 62 heavy (non-hydrogen) atoms. The number of pyridine rings is 1. The van der Waals surface area contributed by atoms with Crippen LogP contribution in [0.1, 0.15) is 0 Å². The SMILES string of the molecule is c1ccc(-c2cc(-c3cccc(-c4ccc5c(c4)c4ccccc4n5-c4cccc(-c5cccc6c7ccccc7n(-c7ccccc7)c56)c4)c3)cc(-c3ccccc3)n2)cc1. The fraction of sp³-hybridized carbons (Fsp3) is 0. The lowest BCUT2D eigenvalue weighted by atomic mass is 9.96. The Morgan fingerprint density at radius 3 is 1.45 bits per heavy atom. The number of para-hydroxylation sites is 4. The van der Waals surface area contributed by atoms with Gasteiger partial charge in [0.15, 0.2) is 0 Å². The Bertz CT molecular complexity index is 3560. The predicted octanol–water partition coefficient (Wildman–Crippen LogP) is 15.6. The zero-order chi connectivity index (χ0) is 41.0. The average Bonchev–Trinajstić information content (AvgIpc) is 3.88. The van der Waals surface area contributed by atoms with Gasteiger partial charge in [0.1, 0.15) is 0 Å². The van der Waals surface area contributed by atoms with Gasteiger partial charge < -0.3 is 9.13 Å². The number of fused-ring (bicyclic) bond motifs is 6. The highest BCUT2D eigenvalue weighted by molar-refractivity contribution is 6.14. The number of hydrogen-bond donors (Lipinski definition) is 0. The molecule has 0 unspecified atom stereocenters. The maximum absolute atomic E-state index is 5.13. The van der Waals surface area contributed by atoms with Gasteiger partial charge >= 0.3 is 0 Å². The smallest absolute Gasteiger partial charge is 0.0715 e. The van der Waals surface area contributed by atoms with E-state index < -0.39 is 0 Å². The first kappa shape index (κ1) is 35.7. The Morgan fingerprint density at radius 2 is 0.742 bits per heavy atom. The van der Waals surface area contributed by atoms with Gasteiger partial charge in [0, 0.05) is 49.6 Å². The van der Waals surface area contributed by atoms with E-state index in [1.54, 1.807) is 0 Å². The van der Waals surface area contributed by atoms with Crippen molar-refractivity contribution in [2.75, 3.05) is 0 Å². The minimum absolute atomic E-state index is 0.959. The second-order valence-corrected chi connectivity index (χ2v) is 16.0. The Hall–Kier alpha value is -8.27. The van der Waals surface area contributed by atoms with Gasteiger partial charge in [-0.25, -0.2) is 4.98 Å². The molecule has 0 spiro atoms. The molecule has 0 saturated heterocycles. The Kier molecular flexibility index (Phi) is 8.50. The molecule has 0 aliphatic carbocycles. The molecule has 3 heterocycles. The van der Waals surface area contributed by atoms with Crippen LogP contribution in [0.2, 0.25) is 0 Å². The van der Waals surface area contributed by atoms with Crippen LogP contribution in [0.25, 0.3) is 111 Å². The molecule has 3 heteroatoms. The normalized spacial score (nSPS) is 11.5. The summed E-state index contributed by atoms with van der Waals surface area (Å²) in [5, 5.41) is 4.95. The molecule has 0 saturated carbocycles. The van der Waals surface area contributed by atoms with Crippen LogP contribution in [0.4, 0.5) is 0 Å². The van der Waals surface area contributed by atoms with E-state index in [0.29, 0.717) is 0 Å². The minimum atomic E-state index is 0.959. The zero-order valence-corrected chi connectivity index (χ0v) is 33.9. The van der Waals surface area contributed by atoms with Crippen molar-refractivity contribution in [3.05, 3.63) is 237 Å². The van der Waals surface area contributed by atoms with Gasteiger partial charge in [-0.1, -0.05) is 170 Å². The number of aromatic nitrogens is 3. The summed E-state index contributed by atoms with van der Waals surface area (Å²) in [6.45, 7) is 0. The topological polar surface area (TPSA) is 22.8 Å². The van der Waals surface area contributed by atoms with E-state index in [0.717, 1.165) is 45.0 Å². The summed E-state index contributed by atoms with van der Waals surface area (Å²) in [7, 11) is 0. The van der Waals surface area contributed by atoms with E-state index in [-0.39, 0.29) is 0 Å². The van der Waals surface area contributed by atoms with Gasteiger partial charge in [-0.15, -0.1) is 0 Å². The summed E-state index contributed by atoms with van der Waals surface area (Å²) in [5.41, 5.74) is 18.2. The standard InChI is InChI=1S/C59H39N3/c1-4-17-40(18-5-1)54-38-46(39-55(60-54)41-19-6-2-7-20-41)43-22-14-21-42(35-43)44-33-34-58-53(37-44)51-28-11-12-31-56(51)61(58)48-26-15-23-45(36-48)49-29-16-30-52-50-27-10-13-32-57(50)62(59(49)52)47-24-8-3-9-25-47/h1-39H. The van der Waals surface area contributed by atoms with Crippen molar-refractivity contribution >= 4 is 43.6 Å². The van der Waals surface area contributed by atoms with E-state index in [4.69, 9.17) is 4.98 Å². The highest BCUT2D eigenvalue weighted by Gasteiger charge is 2.19. The van der Waals surface area contributed by atoms with Gasteiger partial charge in [0.25, 0.3) is 0 Å².